The highest BCUT2D eigenvalue weighted by molar-refractivity contribution is 7.90. The van der Waals surface area contributed by atoms with Gasteiger partial charge in [0.1, 0.15) is 4.90 Å². The van der Waals surface area contributed by atoms with Gasteiger partial charge in [-0.25, -0.2) is 8.42 Å². The summed E-state index contributed by atoms with van der Waals surface area (Å²) in [5, 5.41) is 11.0. The van der Waals surface area contributed by atoms with Gasteiger partial charge in [-0.05, 0) is 36.8 Å². The minimum Gasteiger partial charge on any atom is -0.371 e. The standard InChI is InChI=1S/C15H22N2O4S/c1-11(2)12-6-8-16(9-7-12)13-4-5-14(17(18)19)15(10-13)22(3,20)21/h4-5,10-12H,6-9H2,1-3H3. The minimum atomic E-state index is -3.63. The van der Waals surface area contributed by atoms with Gasteiger partial charge in [-0.15, -0.1) is 0 Å². The van der Waals surface area contributed by atoms with Gasteiger partial charge in [-0.3, -0.25) is 10.1 Å². The van der Waals surface area contributed by atoms with Crippen molar-refractivity contribution in [2.45, 2.75) is 31.6 Å². The molecule has 1 aromatic carbocycles. The van der Waals surface area contributed by atoms with E-state index in [9.17, 15) is 18.5 Å². The van der Waals surface area contributed by atoms with Crippen LogP contribution >= 0.6 is 0 Å². The van der Waals surface area contributed by atoms with E-state index in [1.54, 1.807) is 6.07 Å². The van der Waals surface area contributed by atoms with Crippen molar-refractivity contribution in [2.24, 2.45) is 11.8 Å². The van der Waals surface area contributed by atoms with E-state index in [4.69, 9.17) is 0 Å². The molecule has 2 rings (SSSR count). The summed E-state index contributed by atoms with van der Waals surface area (Å²) in [4.78, 5) is 12.3. The molecule has 1 fully saturated rings. The van der Waals surface area contributed by atoms with Crippen LogP contribution in [0.1, 0.15) is 26.7 Å². The normalized spacial score (nSPS) is 17.0. The van der Waals surface area contributed by atoms with Crippen LogP contribution in [0.5, 0.6) is 0 Å². The Labute approximate surface area is 131 Å². The van der Waals surface area contributed by atoms with Gasteiger partial charge >= 0.3 is 0 Å². The second-order valence-corrected chi connectivity index (χ2v) is 8.23. The Morgan fingerprint density at radius 3 is 2.32 bits per heavy atom. The maximum absolute atomic E-state index is 11.8. The lowest BCUT2D eigenvalue weighted by Gasteiger charge is -2.35. The van der Waals surface area contributed by atoms with E-state index in [0.29, 0.717) is 11.8 Å². The zero-order valence-electron chi connectivity index (χ0n) is 13.2. The SMILES string of the molecule is CC(C)C1CCN(c2ccc([N+](=O)[O-])c(S(C)(=O)=O)c2)CC1. The van der Waals surface area contributed by atoms with Gasteiger partial charge in [0.05, 0.1) is 4.92 Å². The Kier molecular flexibility index (Phi) is 4.75. The summed E-state index contributed by atoms with van der Waals surface area (Å²) in [5.41, 5.74) is 0.386. The smallest absolute Gasteiger partial charge is 0.288 e. The van der Waals surface area contributed by atoms with Crippen molar-refractivity contribution in [3.8, 4) is 0 Å². The van der Waals surface area contributed by atoms with Crippen molar-refractivity contribution in [2.75, 3.05) is 24.2 Å². The fraction of sp³-hybridized carbons (Fsp3) is 0.600. The van der Waals surface area contributed by atoms with Crippen LogP contribution in [0.15, 0.2) is 23.1 Å². The first-order chi connectivity index (χ1) is 10.2. The molecule has 122 valence electrons. The van der Waals surface area contributed by atoms with E-state index in [0.717, 1.165) is 37.9 Å². The van der Waals surface area contributed by atoms with E-state index in [-0.39, 0.29) is 10.6 Å². The van der Waals surface area contributed by atoms with Crippen LogP contribution in [0.25, 0.3) is 0 Å². The number of hydrogen-bond acceptors (Lipinski definition) is 5. The summed E-state index contributed by atoms with van der Waals surface area (Å²) >= 11 is 0. The number of nitro groups is 1. The third kappa shape index (κ3) is 3.58. The Morgan fingerprint density at radius 1 is 1.27 bits per heavy atom. The first kappa shape index (κ1) is 16.7. The highest BCUT2D eigenvalue weighted by Gasteiger charge is 2.26. The van der Waals surface area contributed by atoms with Crippen LogP contribution < -0.4 is 4.90 Å². The number of nitrogens with zero attached hydrogens (tertiary/aromatic N) is 2. The number of piperidine rings is 1. The third-order valence-electron chi connectivity index (χ3n) is 4.39. The number of anilines is 1. The Bertz CT molecular complexity index is 662. The van der Waals surface area contributed by atoms with E-state index >= 15 is 0 Å². The lowest BCUT2D eigenvalue weighted by Crippen LogP contribution is -2.35. The summed E-state index contributed by atoms with van der Waals surface area (Å²) in [5.74, 6) is 1.33. The Balaban J connectivity index is 2.29. The largest absolute Gasteiger partial charge is 0.371 e. The molecule has 7 heteroatoms. The second kappa shape index (κ2) is 6.24. The van der Waals surface area contributed by atoms with Gasteiger partial charge in [-0.1, -0.05) is 13.8 Å². The van der Waals surface area contributed by atoms with Crippen molar-refractivity contribution >= 4 is 21.2 Å². The van der Waals surface area contributed by atoms with Crippen molar-refractivity contribution in [1.82, 2.24) is 0 Å². The topological polar surface area (TPSA) is 80.5 Å². The average molecular weight is 326 g/mol. The molecule has 22 heavy (non-hydrogen) atoms. The Morgan fingerprint density at radius 2 is 1.86 bits per heavy atom. The molecule has 1 aliphatic rings. The molecule has 1 aromatic rings. The van der Waals surface area contributed by atoms with Crippen LogP contribution in [0.2, 0.25) is 0 Å². The van der Waals surface area contributed by atoms with Gasteiger partial charge in [0, 0.05) is 31.1 Å². The molecule has 0 bridgehead atoms. The molecule has 1 aliphatic heterocycles. The molecule has 0 saturated carbocycles. The van der Waals surface area contributed by atoms with Crippen molar-refractivity contribution in [3.05, 3.63) is 28.3 Å². The summed E-state index contributed by atoms with van der Waals surface area (Å²) in [6.45, 7) is 6.13. The predicted octanol–water partition coefficient (Wildman–Crippen LogP) is 2.87. The lowest BCUT2D eigenvalue weighted by atomic mass is 9.86. The molecule has 0 spiro atoms. The number of hydrogen-bond donors (Lipinski definition) is 0. The maximum Gasteiger partial charge on any atom is 0.288 e. The molecule has 0 unspecified atom stereocenters. The van der Waals surface area contributed by atoms with E-state index in [2.05, 4.69) is 18.7 Å². The van der Waals surface area contributed by atoms with Crippen LogP contribution in [0, 0.1) is 22.0 Å². The molecule has 1 heterocycles. The molecular formula is C15H22N2O4S. The van der Waals surface area contributed by atoms with Gasteiger partial charge in [0.2, 0.25) is 0 Å². The van der Waals surface area contributed by atoms with Gasteiger partial charge in [0.25, 0.3) is 5.69 Å². The lowest BCUT2D eigenvalue weighted by molar-refractivity contribution is -0.387. The minimum absolute atomic E-state index is 0.207. The summed E-state index contributed by atoms with van der Waals surface area (Å²) < 4.78 is 23.6. The monoisotopic (exact) mass is 326 g/mol. The Hall–Kier alpha value is -1.63. The van der Waals surface area contributed by atoms with E-state index in [1.807, 2.05) is 0 Å². The molecule has 0 aliphatic carbocycles. The molecule has 0 amide bonds. The van der Waals surface area contributed by atoms with Crippen molar-refractivity contribution < 1.29 is 13.3 Å². The fourth-order valence-corrected chi connectivity index (χ4v) is 3.83. The molecule has 0 aromatic heterocycles. The molecule has 6 nitrogen and oxygen atoms in total. The maximum atomic E-state index is 11.8. The molecular weight excluding hydrogens is 304 g/mol. The van der Waals surface area contributed by atoms with Gasteiger partial charge < -0.3 is 4.90 Å². The molecule has 0 radical (unpaired) electrons. The summed E-state index contributed by atoms with van der Waals surface area (Å²) in [6.07, 6.45) is 3.12. The van der Waals surface area contributed by atoms with Gasteiger partial charge in [0.15, 0.2) is 9.84 Å². The fourth-order valence-electron chi connectivity index (χ4n) is 2.97. The third-order valence-corrected chi connectivity index (χ3v) is 5.51. The molecule has 0 atom stereocenters. The predicted molar refractivity (Wildman–Crippen MR) is 86.0 cm³/mol. The summed E-state index contributed by atoms with van der Waals surface area (Å²) in [6, 6.07) is 4.37. The zero-order chi connectivity index (χ0) is 16.5. The van der Waals surface area contributed by atoms with Crippen LogP contribution in [0.4, 0.5) is 11.4 Å². The zero-order valence-corrected chi connectivity index (χ0v) is 14.0. The summed E-state index contributed by atoms with van der Waals surface area (Å²) in [7, 11) is -3.63. The van der Waals surface area contributed by atoms with Crippen LogP contribution in [-0.4, -0.2) is 32.7 Å². The number of nitro benzene ring substituents is 1. The second-order valence-electron chi connectivity index (χ2n) is 6.25. The van der Waals surface area contributed by atoms with Crippen molar-refractivity contribution in [1.29, 1.82) is 0 Å². The quantitative estimate of drug-likeness (QED) is 0.628. The number of rotatable bonds is 4. The van der Waals surface area contributed by atoms with Crippen LogP contribution in [0.3, 0.4) is 0 Å². The highest BCUT2D eigenvalue weighted by atomic mass is 32.2. The number of sulfone groups is 1. The van der Waals surface area contributed by atoms with E-state index in [1.165, 1.54) is 12.1 Å². The highest BCUT2D eigenvalue weighted by Crippen LogP contribution is 2.32. The van der Waals surface area contributed by atoms with E-state index < -0.39 is 14.8 Å². The van der Waals surface area contributed by atoms with Crippen molar-refractivity contribution in [3.63, 3.8) is 0 Å². The first-order valence-corrected chi connectivity index (χ1v) is 9.32. The first-order valence-electron chi connectivity index (χ1n) is 7.43. The number of benzene rings is 1. The molecule has 1 saturated heterocycles. The van der Waals surface area contributed by atoms with Gasteiger partial charge in [-0.2, -0.15) is 0 Å². The van der Waals surface area contributed by atoms with Crippen LogP contribution in [-0.2, 0) is 9.84 Å². The average Bonchev–Trinajstić information content (AvgIpc) is 2.45. The molecule has 0 N–H and O–H groups in total.